The van der Waals surface area contributed by atoms with Crippen LogP contribution in [0.3, 0.4) is 0 Å². The minimum Gasteiger partial charge on any atom is -0.481 e. The number of benzene rings is 2. The average Bonchev–Trinajstić information content (AvgIpc) is 3.84. The lowest BCUT2D eigenvalue weighted by Crippen LogP contribution is -2.33. The number of hydrogen-bond donors (Lipinski definition) is 5. The number of aliphatic carboxylic acids is 1. The molecule has 1 amide bonds. The van der Waals surface area contributed by atoms with Gasteiger partial charge in [0.2, 0.25) is 0 Å². The Hall–Kier alpha value is -5.45. The molecule has 1 saturated heterocycles. The van der Waals surface area contributed by atoms with Gasteiger partial charge in [-0.15, -0.1) is 5.10 Å². The zero-order valence-corrected chi connectivity index (χ0v) is 24.8. The molecule has 1 aliphatic carbocycles. The van der Waals surface area contributed by atoms with E-state index >= 15 is 0 Å². The molecule has 47 heavy (non-hydrogen) atoms. The molecule has 0 saturated carbocycles. The van der Waals surface area contributed by atoms with Gasteiger partial charge in [-0.05, 0) is 28.7 Å². The van der Waals surface area contributed by atoms with Crippen molar-refractivity contribution in [3.05, 3.63) is 84.2 Å². The van der Waals surface area contributed by atoms with Crippen LogP contribution in [0.4, 0.5) is 10.6 Å². The van der Waals surface area contributed by atoms with Gasteiger partial charge in [-0.1, -0.05) is 53.7 Å². The third kappa shape index (κ3) is 5.73. The number of carbonyl (C=O) groups is 2. The first kappa shape index (κ1) is 30.2. The highest BCUT2D eigenvalue weighted by Gasteiger charge is 2.44. The summed E-state index contributed by atoms with van der Waals surface area (Å²) in [6.07, 6.45) is -1.31. The molecule has 2 aliphatic rings. The Kier molecular flexibility index (Phi) is 7.97. The van der Waals surface area contributed by atoms with Crippen LogP contribution in [0.2, 0.25) is 0 Å². The van der Waals surface area contributed by atoms with E-state index in [2.05, 4.69) is 30.6 Å². The first-order valence-corrected chi connectivity index (χ1v) is 15.0. The Morgan fingerprint density at radius 2 is 1.74 bits per heavy atom. The Bertz CT molecular complexity index is 1900. The highest BCUT2D eigenvalue weighted by Crippen LogP contribution is 2.44. The second kappa shape index (κ2) is 12.4. The molecule has 6 N–H and O–H groups in total. The van der Waals surface area contributed by atoms with Crippen LogP contribution in [-0.2, 0) is 20.8 Å². The standard InChI is InChI=1S/C31H31N9O7/c32-28-25-29(34-14-33-28)40(15-35-25)30-27(44)26(43)23(47-30)12-39-11-22(37-38-39)21(9-10-24(41)42)36-31(45)46-13-20-18-7-3-1-5-16(18)17-6-2-4-8-19(17)20/h1-8,11,14-15,20-21,23,26-27,30,43-44H,9-10,12-13H2,(H,36,45)(H,41,42)(H2,32,33,34)/t21-,23+,26+,27+,30+/m0/s1. The lowest BCUT2D eigenvalue weighted by atomic mass is 9.98. The number of aliphatic hydroxyl groups is 2. The molecule has 0 unspecified atom stereocenters. The van der Waals surface area contributed by atoms with Crippen molar-refractivity contribution < 1.29 is 34.4 Å². The molecule has 4 heterocycles. The molecule has 3 aromatic heterocycles. The summed E-state index contributed by atoms with van der Waals surface area (Å²) < 4.78 is 14.5. The maximum Gasteiger partial charge on any atom is 0.407 e. The molecule has 0 bridgehead atoms. The summed E-state index contributed by atoms with van der Waals surface area (Å²) in [5.74, 6) is -1.02. The van der Waals surface area contributed by atoms with Gasteiger partial charge >= 0.3 is 12.1 Å². The fourth-order valence-electron chi connectivity index (χ4n) is 6.26. The van der Waals surface area contributed by atoms with Crippen molar-refractivity contribution in [2.75, 3.05) is 12.3 Å². The molecule has 7 rings (SSSR count). The summed E-state index contributed by atoms with van der Waals surface area (Å²) in [7, 11) is 0. The number of rotatable bonds is 10. The van der Waals surface area contributed by atoms with Crippen molar-refractivity contribution in [2.24, 2.45) is 0 Å². The maximum absolute atomic E-state index is 13.0. The van der Waals surface area contributed by atoms with Crippen LogP contribution in [0.15, 0.2) is 67.4 Å². The van der Waals surface area contributed by atoms with Crippen molar-refractivity contribution in [3.63, 3.8) is 0 Å². The monoisotopic (exact) mass is 641 g/mol. The van der Waals surface area contributed by atoms with Crippen molar-refractivity contribution in [3.8, 4) is 11.1 Å². The van der Waals surface area contributed by atoms with Crippen molar-refractivity contribution in [2.45, 2.75) is 55.9 Å². The topological polar surface area (TPSA) is 226 Å². The lowest BCUT2D eigenvalue weighted by Gasteiger charge is -2.18. The van der Waals surface area contributed by atoms with Gasteiger partial charge in [-0.2, -0.15) is 0 Å². The highest BCUT2D eigenvalue weighted by molar-refractivity contribution is 5.81. The second-order valence-electron chi connectivity index (χ2n) is 11.4. The number of hydrogen-bond acceptors (Lipinski definition) is 12. The summed E-state index contributed by atoms with van der Waals surface area (Å²) in [4.78, 5) is 36.7. The molecular weight excluding hydrogens is 610 g/mol. The lowest BCUT2D eigenvalue weighted by molar-refractivity contribution is -0.137. The van der Waals surface area contributed by atoms with Gasteiger partial charge in [-0.3, -0.25) is 9.36 Å². The third-order valence-electron chi connectivity index (χ3n) is 8.56. The number of anilines is 1. The second-order valence-corrected chi connectivity index (χ2v) is 11.4. The van der Waals surface area contributed by atoms with Gasteiger partial charge in [0.05, 0.1) is 25.1 Å². The highest BCUT2D eigenvalue weighted by atomic mass is 16.6. The molecule has 5 aromatic rings. The Labute approximate surface area is 266 Å². The molecule has 16 heteroatoms. The van der Waals surface area contributed by atoms with Gasteiger partial charge in [0, 0.05) is 12.3 Å². The quantitative estimate of drug-likeness (QED) is 0.147. The first-order valence-electron chi connectivity index (χ1n) is 15.0. The van der Waals surface area contributed by atoms with Crippen molar-refractivity contribution in [1.82, 2.24) is 39.8 Å². The van der Waals surface area contributed by atoms with E-state index in [1.807, 2.05) is 48.5 Å². The van der Waals surface area contributed by atoms with E-state index in [0.717, 1.165) is 22.3 Å². The number of carboxylic acid groups (broad SMARTS) is 1. The normalized spacial score (nSPS) is 21.0. The number of fused-ring (bicyclic) bond motifs is 4. The Balaban J connectivity index is 1.02. The number of ether oxygens (including phenoxy) is 2. The number of imidazole rings is 1. The van der Waals surface area contributed by atoms with Crippen LogP contribution in [0.25, 0.3) is 22.3 Å². The van der Waals surface area contributed by atoms with E-state index in [1.165, 1.54) is 28.1 Å². The third-order valence-corrected chi connectivity index (χ3v) is 8.56. The number of nitrogens with one attached hydrogen (secondary N) is 1. The molecule has 5 atom stereocenters. The number of aromatic nitrogens is 7. The van der Waals surface area contributed by atoms with Gasteiger partial charge in [0.15, 0.2) is 17.7 Å². The summed E-state index contributed by atoms with van der Waals surface area (Å²) in [6, 6.07) is 15.1. The van der Waals surface area contributed by atoms with E-state index in [-0.39, 0.29) is 43.4 Å². The molecular formula is C31H31N9O7. The smallest absolute Gasteiger partial charge is 0.407 e. The maximum atomic E-state index is 13.0. The summed E-state index contributed by atoms with van der Waals surface area (Å²) in [5, 5.41) is 41.9. The molecule has 0 spiro atoms. The van der Waals surface area contributed by atoms with Crippen LogP contribution in [0.5, 0.6) is 0 Å². The number of carbonyl (C=O) groups excluding carboxylic acids is 1. The number of aliphatic hydroxyl groups excluding tert-OH is 2. The van der Waals surface area contributed by atoms with E-state index in [1.54, 1.807) is 0 Å². The average molecular weight is 642 g/mol. The number of nitrogens with two attached hydrogens (primary N) is 1. The van der Waals surface area contributed by atoms with Gasteiger partial charge < -0.3 is 35.8 Å². The largest absolute Gasteiger partial charge is 0.481 e. The van der Waals surface area contributed by atoms with Gasteiger partial charge in [0.1, 0.15) is 42.5 Å². The molecule has 16 nitrogen and oxygen atoms in total. The molecule has 0 radical (unpaired) electrons. The van der Waals surface area contributed by atoms with Crippen LogP contribution in [-0.4, -0.2) is 86.8 Å². The van der Waals surface area contributed by atoms with E-state index in [4.69, 9.17) is 15.2 Å². The predicted molar refractivity (Wildman–Crippen MR) is 163 cm³/mol. The first-order chi connectivity index (χ1) is 22.8. The number of carboxylic acids is 1. The molecule has 242 valence electrons. The van der Waals surface area contributed by atoms with Crippen LogP contribution in [0, 0.1) is 0 Å². The summed E-state index contributed by atoms with van der Waals surface area (Å²) in [6.45, 7) is 0.0749. The zero-order valence-electron chi connectivity index (χ0n) is 24.8. The molecule has 2 aromatic carbocycles. The van der Waals surface area contributed by atoms with Crippen molar-refractivity contribution >= 4 is 29.0 Å². The number of alkyl carbamates (subject to hydrolysis) is 1. The Morgan fingerprint density at radius 3 is 2.47 bits per heavy atom. The fourth-order valence-corrected chi connectivity index (χ4v) is 6.26. The number of amides is 1. The number of nitrogens with zero attached hydrogens (tertiary/aromatic N) is 7. The Morgan fingerprint density at radius 1 is 1.02 bits per heavy atom. The predicted octanol–water partition coefficient (Wildman–Crippen LogP) is 1.76. The van der Waals surface area contributed by atoms with Crippen LogP contribution >= 0.6 is 0 Å². The van der Waals surface area contributed by atoms with Crippen LogP contribution in [0.1, 0.15) is 47.9 Å². The van der Waals surface area contributed by atoms with Gasteiger partial charge in [-0.25, -0.2) is 24.4 Å². The fraction of sp³-hybridized carbons (Fsp3) is 0.323. The van der Waals surface area contributed by atoms with Gasteiger partial charge in [0.25, 0.3) is 0 Å². The van der Waals surface area contributed by atoms with E-state index in [9.17, 15) is 24.9 Å². The van der Waals surface area contributed by atoms with E-state index in [0.29, 0.717) is 11.2 Å². The minimum absolute atomic E-state index is 0.0118. The number of nitrogen functional groups attached to an aromatic ring is 1. The zero-order chi connectivity index (χ0) is 32.7. The molecule has 1 aliphatic heterocycles. The summed E-state index contributed by atoms with van der Waals surface area (Å²) >= 11 is 0. The van der Waals surface area contributed by atoms with Crippen LogP contribution < -0.4 is 11.1 Å². The SMILES string of the molecule is Nc1ncnc2c1ncn2[C@@H]1O[C@H](Cn2cc([C@H](CCC(=O)O)NC(=O)OCC3c4ccccc4-c4ccccc43)nn2)[C@@H](O)[C@H]1O. The van der Waals surface area contributed by atoms with Crippen molar-refractivity contribution in [1.29, 1.82) is 0 Å². The summed E-state index contributed by atoms with van der Waals surface area (Å²) in [5.41, 5.74) is 11.1. The van der Waals surface area contributed by atoms with E-state index < -0.39 is 42.6 Å². The minimum atomic E-state index is -1.32. The molecule has 1 fully saturated rings.